The molecule has 1 amide bonds. The van der Waals surface area contributed by atoms with Gasteiger partial charge in [0.1, 0.15) is 5.01 Å². The van der Waals surface area contributed by atoms with E-state index < -0.39 is 0 Å². The number of hydrogen-bond acceptors (Lipinski definition) is 6. The average molecular weight is 390 g/mol. The van der Waals surface area contributed by atoms with Crippen molar-refractivity contribution >= 4 is 34.0 Å². The fourth-order valence-corrected chi connectivity index (χ4v) is 3.32. The van der Waals surface area contributed by atoms with Crippen LogP contribution in [-0.2, 0) is 0 Å². The number of anilines is 1. The molecule has 134 valence electrons. The molecule has 2 aromatic carbocycles. The second kappa shape index (κ2) is 7.72. The Bertz CT molecular complexity index is 928. The van der Waals surface area contributed by atoms with Crippen LogP contribution in [0.25, 0.3) is 10.6 Å². The third kappa shape index (κ3) is 3.49. The summed E-state index contributed by atoms with van der Waals surface area (Å²) in [6, 6.07) is 12.4. The number of carbonyl (C=O) groups is 1. The van der Waals surface area contributed by atoms with Gasteiger partial charge in [-0.2, -0.15) is 0 Å². The van der Waals surface area contributed by atoms with E-state index in [2.05, 4.69) is 10.2 Å². The van der Waals surface area contributed by atoms with E-state index in [0.717, 1.165) is 5.56 Å². The van der Waals surface area contributed by atoms with Crippen molar-refractivity contribution in [2.24, 2.45) is 0 Å². The Morgan fingerprint density at radius 1 is 1.08 bits per heavy atom. The maximum absolute atomic E-state index is 12.9. The molecule has 1 aromatic heterocycles. The van der Waals surface area contributed by atoms with Gasteiger partial charge in [-0.05, 0) is 24.3 Å². The van der Waals surface area contributed by atoms with Crippen molar-refractivity contribution in [1.82, 2.24) is 10.2 Å². The smallest absolute Gasteiger partial charge is 0.263 e. The van der Waals surface area contributed by atoms with E-state index in [1.165, 1.54) is 30.5 Å². The van der Waals surface area contributed by atoms with Crippen LogP contribution in [0.15, 0.2) is 42.5 Å². The molecule has 6 nitrogen and oxygen atoms in total. The number of ether oxygens (including phenoxy) is 2. The normalized spacial score (nSPS) is 10.5. The number of hydrogen-bond donors (Lipinski definition) is 0. The molecular weight excluding hydrogens is 374 g/mol. The van der Waals surface area contributed by atoms with Crippen LogP contribution in [-0.4, -0.2) is 37.4 Å². The van der Waals surface area contributed by atoms with E-state index in [0.29, 0.717) is 32.2 Å². The van der Waals surface area contributed by atoms with Gasteiger partial charge in [0, 0.05) is 17.6 Å². The number of halogens is 1. The fourth-order valence-electron chi connectivity index (χ4n) is 2.38. The van der Waals surface area contributed by atoms with Gasteiger partial charge in [0.15, 0.2) is 11.5 Å². The van der Waals surface area contributed by atoms with Gasteiger partial charge >= 0.3 is 0 Å². The van der Waals surface area contributed by atoms with Gasteiger partial charge < -0.3 is 9.47 Å². The van der Waals surface area contributed by atoms with Crippen molar-refractivity contribution in [3.05, 3.63) is 53.1 Å². The molecule has 3 aromatic rings. The molecule has 1 heterocycles. The molecule has 0 N–H and O–H groups in total. The van der Waals surface area contributed by atoms with Crippen LogP contribution in [0.1, 0.15) is 10.4 Å². The molecule has 0 radical (unpaired) electrons. The summed E-state index contributed by atoms with van der Waals surface area (Å²) >= 11 is 7.22. The first-order valence-corrected chi connectivity index (χ1v) is 8.83. The Balaban J connectivity index is 1.89. The van der Waals surface area contributed by atoms with Crippen molar-refractivity contribution in [3.8, 4) is 22.1 Å². The SMILES string of the molecule is COc1cccc(C(=O)N(C)c2nnc(-c3ccc(Cl)cc3)s2)c1OC. The van der Waals surface area contributed by atoms with E-state index in [9.17, 15) is 4.79 Å². The maximum Gasteiger partial charge on any atom is 0.263 e. The van der Waals surface area contributed by atoms with Gasteiger partial charge in [-0.1, -0.05) is 41.1 Å². The van der Waals surface area contributed by atoms with Crippen molar-refractivity contribution in [2.45, 2.75) is 0 Å². The summed E-state index contributed by atoms with van der Waals surface area (Å²) in [5.74, 6) is 0.611. The predicted octanol–water partition coefficient (Wildman–Crippen LogP) is 4.15. The van der Waals surface area contributed by atoms with E-state index in [4.69, 9.17) is 21.1 Å². The second-order valence-electron chi connectivity index (χ2n) is 5.30. The number of carbonyl (C=O) groups excluding carboxylic acids is 1. The average Bonchev–Trinajstić information content (AvgIpc) is 3.16. The van der Waals surface area contributed by atoms with Crippen LogP contribution < -0.4 is 14.4 Å². The Kier molecular flexibility index (Phi) is 5.39. The third-order valence-electron chi connectivity index (χ3n) is 3.73. The van der Waals surface area contributed by atoms with Gasteiger partial charge in [-0.25, -0.2) is 0 Å². The Labute approximate surface area is 160 Å². The fraction of sp³-hybridized carbons (Fsp3) is 0.167. The summed E-state index contributed by atoms with van der Waals surface area (Å²) in [5.41, 5.74) is 1.27. The minimum Gasteiger partial charge on any atom is -0.493 e. The molecule has 0 aliphatic heterocycles. The zero-order valence-corrected chi connectivity index (χ0v) is 16.0. The van der Waals surface area contributed by atoms with Gasteiger partial charge in [0.2, 0.25) is 5.13 Å². The topological polar surface area (TPSA) is 64.5 Å². The molecule has 0 bridgehead atoms. The Hall–Kier alpha value is -2.64. The molecule has 8 heteroatoms. The number of benzene rings is 2. The minimum absolute atomic E-state index is 0.264. The van der Waals surface area contributed by atoms with Gasteiger partial charge in [-0.15, -0.1) is 10.2 Å². The monoisotopic (exact) mass is 389 g/mol. The van der Waals surface area contributed by atoms with E-state index >= 15 is 0 Å². The highest BCUT2D eigenvalue weighted by Gasteiger charge is 2.23. The standard InChI is InChI=1S/C18H16ClN3O3S/c1-22(17(23)13-5-4-6-14(24-2)15(13)25-3)18-21-20-16(26-18)11-7-9-12(19)10-8-11/h4-10H,1-3H3. The van der Waals surface area contributed by atoms with E-state index in [-0.39, 0.29) is 5.91 Å². The summed E-state index contributed by atoms with van der Waals surface area (Å²) in [6.07, 6.45) is 0. The molecule has 0 saturated carbocycles. The Morgan fingerprint density at radius 2 is 1.81 bits per heavy atom. The quantitative estimate of drug-likeness (QED) is 0.655. The molecule has 26 heavy (non-hydrogen) atoms. The van der Waals surface area contributed by atoms with Crippen molar-refractivity contribution < 1.29 is 14.3 Å². The summed E-state index contributed by atoms with van der Waals surface area (Å²) < 4.78 is 10.6. The number of methoxy groups -OCH3 is 2. The largest absolute Gasteiger partial charge is 0.493 e. The highest BCUT2D eigenvalue weighted by molar-refractivity contribution is 7.18. The molecule has 3 rings (SSSR count). The third-order valence-corrected chi connectivity index (χ3v) is 5.03. The summed E-state index contributed by atoms with van der Waals surface area (Å²) in [6.45, 7) is 0. The zero-order chi connectivity index (χ0) is 18.7. The summed E-state index contributed by atoms with van der Waals surface area (Å²) in [5, 5.41) is 10.1. The summed E-state index contributed by atoms with van der Waals surface area (Å²) in [7, 11) is 4.67. The lowest BCUT2D eigenvalue weighted by molar-refractivity contribution is 0.0989. The van der Waals surface area contributed by atoms with E-state index in [1.54, 1.807) is 37.4 Å². The number of amides is 1. The first kappa shape index (κ1) is 18.2. The van der Waals surface area contributed by atoms with Gasteiger partial charge in [-0.3, -0.25) is 9.69 Å². The van der Waals surface area contributed by atoms with E-state index in [1.807, 2.05) is 12.1 Å². The minimum atomic E-state index is -0.264. The van der Waals surface area contributed by atoms with Crippen LogP contribution in [0, 0.1) is 0 Å². The highest BCUT2D eigenvalue weighted by atomic mass is 35.5. The molecule has 0 fully saturated rings. The van der Waals surface area contributed by atoms with Gasteiger partial charge in [0.05, 0.1) is 19.8 Å². The van der Waals surface area contributed by atoms with Gasteiger partial charge in [0.25, 0.3) is 5.91 Å². The maximum atomic E-state index is 12.9. The lowest BCUT2D eigenvalue weighted by atomic mass is 10.1. The van der Waals surface area contributed by atoms with Crippen LogP contribution >= 0.6 is 22.9 Å². The molecule has 0 saturated heterocycles. The number of para-hydroxylation sites is 1. The van der Waals surface area contributed by atoms with Crippen LogP contribution in [0.4, 0.5) is 5.13 Å². The lowest BCUT2D eigenvalue weighted by Gasteiger charge is -2.16. The molecule has 0 aliphatic carbocycles. The van der Waals surface area contributed by atoms with Crippen molar-refractivity contribution in [3.63, 3.8) is 0 Å². The Morgan fingerprint density at radius 3 is 2.46 bits per heavy atom. The number of rotatable bonds is 5. The molecule has 0 aliphatic rings. The molecular formula is C18H16ClN3O3S. The lowest BCUT2D eigenvalue weighted by Crippen LogP contribution is -2.26. The predicted molar refractivity (Wildman–Crippen MR) is 103 cm³/mol. The highest BCUT2D eigenvalue weighted by Crippen LogP contribution is 2.34. The first-order valence-electron chi connectivity index (χ1n) is 7.63. The van der Waals surface area contributed by atoms with Crippen molar-refractivity contribution in [1.29, 1.82) is 0 Å². The zero-order valence-electron chi connectivity index (χ0n) is 14.4. The number of aromatic nitrogens is 2. The molecule has 0 atom stereocenters. The van der Waals surface area contributed by atoms with Crippen molar-refractivity contribution in [2.75, 3.05) is 26.2 Å². The van der Waals surface area contributed by atoms with Crippen LogP contribution in [0.3, 0.4) is 0 Å². The van der Waals surface area contributed by atoms with Crippen LogP contribution in [0.5, 0.6) is 11.5 Å². The molecule has 0 unspecified atom stereocenters. The summed E-state index contributed by atoms with van der Waals surface area (Å²) in [4.78, 5) is 14.3. The molecule has 0 spiro atoms. The first-order chi connectivity index (χ1) is 12.5. The van der Waals surface area contributed by atoms with Crippen LogP contribution in [0.2, 0.25) is 5.02 Å². The second-order valence-corrected chi connectivity index (χ2v) is 6.69. The number of nitrogens with zero attached hydrogens (tertiary/aromatic N) is 3.